The molecule has 0 aliphatic rings. The van der Waals surface area contributed by atoms with Gasteiger partial charge in [0.05, 0.1) is 0 Å². The van der Waals surface area contributed by atoms with Crippen molar-refractivity contribution in [3.8, 4) is 0 Å². The Morgan fingerprint density at radius 3 is 2.25 bits per heavy atom. The second-order valence-electron chi connectivity index (χ2n) is 2.75. The Morgan fingerprint density at radius 1 is 1.12 bits per heavy atom. The fourth-order valence-corrected chi connectivity index (χ4v) is 1.09. The van der Waals surface area contributed by atoms with Gasteiger partial charge in [0.25, 0.3) is 10.2 Å². The first-order valence-electron chi connectivity index (χ1n) is 4.23. The van der Waals surface area contributed by atoms with Crippen LogP contribution in [0.5, 0.6) is 0 Å². The fourth-order valence-electron chi connectivity index (χ4n) is 1.09. The van der Waals surface area contributed by atoms with Crippen molar-refractivity contribution < 1.29 is 19.8 Å². The van der Waals surface area contributed by atoms with Crippen LogP contribution >= 0.6 is 0 Å². The van der Waals surface area contributed by atoms with E-state index in [0.29, 0.717) is 5.56 Å². The third-order valence-corrected chi connectivity index (χ3v) is 1.72. The minimum Gasteiger partial charge on any atom is -0.311 e. The van der Waals surface area contributed by atoms with E-state index < -0.39 is 22.9 Å². The summed E-state index contributed by atoms with van der Waals surface area (Å²) >= 11 is 0. The normalized spacial score (nSPS) is 11.5. The Balaban J connectivity index is 2.71. The third-order valence-electron chi connectivity index (χ3n) is 1.72. The van der Waals surface area contributed by atoms with E-state index in [0.717, 1.165) is 0 Å². The number of hydrogen-bond donors (Lipinski definition) is 0. The Morgan fingerprint density at radius 2 is 1.75 bits per heavy atom. The van der Waals surface area contributed by atoms with E-state index in [9.17, 15) is 20.2 Å². The minimum absolute atomic E-state index is 0.432. The lowest BCUT2D eigenvalue weighted by Gasteiger charge is -2.13. The number of benzene rings is 1. The summed E-state index contributed by atoms with van der Waals surface area (Å²) in [5, 5.41) is 18.1. The highest BCUT2D eigenvalue weighted by Gasteiger charge is 2.17. The van der Waals surface area contributed by atoms with Crippen LogP contribution in [0, 0.1) is 20.2 Å². The molecule has 0 spiro atoms. The van der Waals surface area contributed by atoms with E-state index in [2.05, 4.69) is 9.68 Å². The Kier molecular flexibility index (Phi) is 4.01. The van der Waals surface area contributed by atoms with Gasteiger partial charge >= 0.3 is 0 Å². The monoisotopic (exact) mass is 228 g/mol. The molecule has 86 valence electrons. The van der Waals surface area contributed by atoms with Gasteiger partial charge in [-0.2, -0.15) is 0 Å². The van der Waals surface area contributed by atoms with Crippen molar-refractivity contribution in [3.63, 3.8) is 0 Å². The van der Waals surface area contributed by atoms with Gasteiger partial charge in [0.1, 0.15) is 6.61 Å². The van der Waals surface area contributed by atoms with E-state index in [1.54, 1.807) is 30.3 Å². The zero-order valence-electron chi connectivity index (χ0n) is 8.02. The van der Waals surface area contributed by atoms with Crippen molar-refractivity contribution in [2.45, 2.75) is 6.10 Å². The molecule has 0 N–H and O–H groups in total. The molecule has 0 fully saturated rings. The number of nitrogens with zero attached hydrogens (tertiary/aromatic N) is 2. The molecule has 1 aromatic carbocycles. The molecule has 0 bridgehead atoms. The Bertz CT molecular complexity index is 368. The molecule has 0 amide bonds. The van der Waals surface area contributed by atoms with Crippen molar-refractivity contribution in [2.24, 2.45) is 0 Å². The summed E-state index contributed by atoms with van der Waals surface area (Å²) in [6.07, 6.45) is -1.11. The van der Waals surface area contributed by atoms with Crippen LogP contribution in [0.3, 0.4) is 0 Å². The summed E-state index contributed by atoms with van der Waals surface area (Å²) in [4.78, 5) is 28.5. The molecule has 1 atom stereocenters. The predicted molar refractivity (Wildman–Crippen MR) is 50.2 cm³/mol. The van der Waals surface area contributed by atoms with E-state index in [1.165, 1.54) is 0 Å². The van der Waals surface area contributed by atoms with Crippen LogP contribution in [0.15, 0.2) is 30.3 Å². The molecule has 8 nitrogen and oxygen atoms in total. The van der Waals surface area contributed by atoms with Crippen LogP contribution in [0.25, 0.3) is 0 Å². The first-order valence-corrected chi connectivity index (χ1v) is 4.23. The second kappa shape index (κ2) is 5.49. The summed E-state index contributed by atoms with van der Waals surface area (Å²) in [7, 11) is 0. The lowest BCUT2D eigenvalue weighted by molar-refractivity contribution is -0.792. The molecule has 1 aromatic rings. The molecule has 16 heavy (non-hydrogen) atoms. The zero-order valence-corrected chi connectivity index (χ0v) is 8.02. The topological polar surface area (TPSA) is 105 Å². The standard InChI is InChI=1S/C8H8N2O6/c11-9(12)15-6-8(16-10(13)14)7-4-2-1-3-5-7/h1-5,8H,6H2/t8-/m0/s1. The van der Waals surface area contributed by atoms with Crippen molar-refractivity contribution in [3.05, 3.63) is 56.1 Å². The minimum atomic E-state index is -1.11. The van der Waals surface area contributed by atoms with Gasteiger partial charge in [0, 0.05) is 0 Å². The quantitative estimate of drug-likeness (QED) is 0.534. The molecule has 0 aliphatic carbocycles. The molecule has 0 radical (unpaired) electrons. The smallest absolute Gasteiger partial charge is 0.295 e. The second-order valence-corrected chi connectivity index (χ2v) is 2.75. The lowest BCUT2D eigenvalue weighted by atomic mass is 10.1. The fraction of sp³-hybridized carbons (Fsp3) is 0.250. The van der Waals surface area contributed by atoms with Crippen LogP contribution < -0.4 is 0 Å². The van der Waals surface area contributed by atoms with Gasteiger partial charge in [-0.3, -0.25) is 0 Å². The largest absolute Gasteiger partial charge is 0.311 e. The van der Waals surface area contributed by atoms with Crippen LogP contribution in [0.4, 0.5) is 0 Å². The molecule has 8 heteroatoms. The van der Waals surface area contributed by atoms with Gasteiger partial charge in [-0.05, 0) is 5.56 Å². The maximum Gasteiger partial charge on any atom is 0.295 e. The van der Waals surface area contributed by atoms with Gasteiger partial charge in [-0.15, -0.1) is 20.2 Å². The van der Waals surface area contributed by atoms with E-state index in [4.69, 9.17) is 0 Å². The summed E-state index contributed by atoms with van der Waals surface area (Å²) in [5.74, 6) is 0. The maximum absolute atomic E-state index is 10.2. The highest BCUT2D eigenvalue weighted by atomic mass is 17.0. The van der Waals surface area contributed by atoms with Gasteiger partial charge in [0.15, 0.2) is 6.10 Å². The van der Waals surface area contributed by atoms with Crippen LogP contribution in [-0.2, 0) is 9.68 Å². The van der Waals surface area contributed by atoms with Gasteiger partial charge in [0.2, 0.25) is 0 Å². The average Bonchev–Trinajstić information content (AvgIpc) is 2.25. The van der Waals surface area contributed by atoms with Crippen LogP contribution in [-0.4, -0.2) is 16.8 Å². The van der Waals surface area contributed by atoms with Gasteiger partial charge in [-0.1, -0.05) is 30.3 Å². The highest BCUT2D eigenvalue weighted by Crippen LogP contribution is 2.17. The average molecular weight is 228 g/mol. The lowest BCUT2D eigenvalue weighted by Crippen LogP contribution is -2.17. The molecule has 0 aromatic heterocycles. The zero-order chi connectivity index (χ0) is 12.0. The maximum atomic E-state index is 10.2. The number of rotatable bonds is 6. The molecule has 0 unspecified atom stereocenters. The van der Waals surface area contributed by atoms with Crippen molar-refractivity contribution >= 4 is 0 Å². The third kappa shape index (κ3) is 3.78. The Hall–Kier alpha value is -2.38. The summed E-state index contributed by atoms with van der Waals surface area (Å²) < 4.78 is 0. The summed E-state index contributed by atoms with van der Waals surface area (Å²) in [6, 6.07) is 8.09. The molecule has 0 saturated heterocycles. The molecular weight excluding hydrogens is 220 g/mol. The van der Waals surface area contributed by atoms with Crippen molar-refractivity contribution in [1.82, 2.24) is 0 Å². The van der Waals surface area contributed by atoms with Crippen molar-refractivity contribution in [1.29, 1.82) is 0 Å². The van der Waals surface area contributed by atoms with Gasteiger partial charge < -0.3 is 9.68 Å². The first kappa shape index (κ1) is 11.7. The highest BCUT2D eigenvalue weighted by molar-refractivity contribution is 5.17. The van der Waals surface area contributed by atoms with Gasteiger partial charge in [-0.25, -0.2) is 0 Å². The predicted octanol–water partition coefficient (Wildman–Crippen LogP) is 1.14. The SMILES string of the molecule is O=[N+]([O-])OC[C@H](O[N+](=O)[O-])c1ccccc1. The Labute approximate surface area is 89.6 Å². The molecular formula is C8H8N2O6. The van der Waals surface area contributed by atoms with E-state index in [-0.39, 0.29) is 0 Å². The van der Waals surface area contributed by atoms with Crippen LogP contribution in [0.2, 0.25) is 0 Å². The first-order chi connectivity index (χ1) is 7.59. The molecule has 1 rings (SSSR count). The summed E-state index contributed by atoms with van der Waals surface area (Å²) in [6.45, 7) is -0.530. The molecule has 0 saturated carbocycles. The number of hydrogen-bond acceptors (Lipinski definition) is 6. The molecule has 0 heterocycles. The van der Waals surface area contributed by atoms with Crippen LogP contribution in [0.1, 0.15) is 11.7 Å². The van der Waals surface area contributed by atoms with Crippen molar-refractivity contribution in [2.75, 3.05) is 6.61 Å². The molecule has 0 aliphatic heterocycles. The summed E-state index contributed by atoms with van der Waals surface area (Å²) in [5.41, 5.74) is 0.432. The van der Waals surface area contributed by atoms with E-state index in [1.807, 2.05) is 0 Å². The van der Waals surface area contributed by atoms with E-state index >= 15 is 0 Å².